The minimum atomic E-state index is -0.0827. The molecule has 1 aromatic carbocycles. The van der Waals surface area contributed by atoms with Crippen molar-refractivity contribution in [1.82, 2.24) is 10.3 Å². The molecular weight excluding hydrogens is 369 g/mol. The van der Waals surface area contributed by atoms with Crippen molar-refractivity contribution >= 4 is 42.1 Å². The maximum Gasteiger partial charge on any atom is 0.263 e. The standard InChI is InChI=1S/C16H21N3O2S.2ClH/c1-3-21-13-7-5-12(6-8-13)16-19-11(2)14(22-16)15(20)18-10-4-9-17;;/h5-8H,3-4,9-10,17H2,1-2H3,(H,18,20);2*1H. The molecule has 1 heterocycles. The number of rotatable bonds is 7. The number of aryl methyl sites for hydroxylation is 1. The lowest BCUT2D eigenvalue weighted by atomic mass is 10.2. The first-order valence-corrected chi connectivity index (χ1v) is 8.16. The Morgan fingerprint density at radius 3 is 2.54 bits per heavy atom. The molecule has 0 radical (unpaired) electrons. The van der Waals surface area contributed by atoms with Crippen LogP contribution in [0.25, 0.3) is 10.6 Å². The van der Waals surface area contributed by atoms with Crippen LogP contribution in [0.1, 0.15) is 28.7 Å². The molecule has 0 aliphatic rings. The molecule has 1 amide bonds. The van der Waals surface area contributed by atoms with E-state index in [9.17, 15) is 4.79 Å². The number of hydrogen-bond donors (Lipinski definition) is 2. The third-order valence-electron chi connectivity index (χ3n) is 3.08. The second kappa shape index (κ2) is 11.3. The molecule has 134 valence electrons. The summed E-state index contributed by atoms with van der Waals surface area (Å²) < 4.78 is 5.43. The van der Waals surface area contributed by atoms with Gasteiger partial charge in [-0.3, -0.25) is 4.79 Å². The van der Waals surface area contributed by atoms with Gasteiger partial charge in [-0.15, -0.1) is 36.2 Å². The summed E-state index contributed by atoms with van der Waals surface area (Å²) in [5, 5.41) is 3.70. The molecule has 0 aliphatic heterocycles. The van der Waals surface area contributed by atoms with E-state index in [1.807, 2.05) is 38.1 Å². The Hall–Kier alpha value is -1.34. The highest BCUT2D eigenvalue weighted by atomic mass is 35.5. The lowest BCUT2D eigenvalue weighted by Gasteiger charge is -2.03. The molecule has 0 saturated carbocycles. The first-order chi connectivity index (χ1) is 10.7. The summed E-state index contributed by atoms with van der Waals surface area (Å²) in [6, 6.07) is 7.74. The number of amides is 1. The largest absolute Gasteiger partial charge is 0.494 e. The van der Waals surface area contributed by atoms with Crippen molar-refractivity contribution in [1.29, 1.82) is 0 Å². The van der Waals surface area contributed by atoms with Crippen LogP contribution in [0.15, 0.2) is 24.3 Å². The van der Waals surface area contributed by atoms with Crippen LogP contribution >= 0.6 is 36.2 Å². The van der Waals surface area contributed by atoms with Crippen LogP contribution in [-0.2, 0) is 0 Å². The summed E-state index contributed by atoms with van der Waals surface area (Å²) in [6.07, 6.45) is 0.773. The summed E-state index contributed by atoms with van der Waals surface area (Å²) in [6.45, 7) is 5.60. The Labute approximate surface area is 158 Å². The van der Waals surface area contributed by atoms with E-state index in [4.69, 9.17) is 10.5 Å². The minimum Gasteiger partial charge on any atom is -0.494 e. The average Bonchev–Trinajstić information content (AvgIpc) is 2.90. The van der Waals surface area contributed by atoms with Gasteiger partial charge in [-0.1, -0.05) is 0 Å². The van der Waals surface area contributed by atoms with Gasteiger partial charge in [0, 0.05) is 12.1 Å². The van der Waals surface area contributed by atoms with Crippen LogP contribution in [0.5, 0.6) is 5.75 Å². The molecule has 5 nitrogen and oxygen atoms in total. The number of thiazole rings is 1. The Balaban J connectivity index is 0.00000264. The fourth-order valence-electron chi connectivity index (χ4n) is 1.98. The smallest absolute Gasteiger partial charge is 0.263 e. The highest BCUT2D eigenvalue weighted by molar-refractivity contribution is 7.17. The zero-order valence-corrected chi connectivity index (χ0v) is 16.2. The number of nitrogens with one attached hydrogen (secondary N) is 1. The maximum atomic E-state index is 12.1. The van der Waals surface area contributed by atoms with Crippen molar-refractivity contribution in [2.75, 3.05) is 19.7 Å². The van der Waals surface area contributed by atoms with Crippen molar-refractivity contribution in [3.05, 3.63) is 34.8 Å². The molecule has 0 bridgehead atoms. The number of halogens is 2. The van der Waals surface area contributed by atoms with Gasteiger partial charge in [-0.2, -0.15) is 0 Å². The SMILES string of the molecule is CCOc1ccc(-c2nc(C)c(C(=O)NCCCN)s2)cc1.Cl.Cl. The normalized spacial score (nSPS) is 9.62. The topological polar surface area (TPSA) is 77.2 Å². The van der Waals surface area contributed by atoms with Crippen molar-refractivity contribution < 1.29 is 9.53 Å². The van der Waals surface area contributed by atoms with Gasteiger partial charge in [0.25, 0.3) is 5.91 Å². The Kier molecular flexibility index (Phi) is 10.6. The number of nitrogens with zero attached hydrogens (tertiary/aromatic N) is 1. The second-order valence-electron chi connectivity index (χ2n) is 4.79. The van der Waals surface area contributed by atoms with E-state index in [-0.39, 0.29) is 30.7 Å². The zero-order valence-electron chi connectivity index (χ0n) is 13.7. The van der Waals surface area contributed by atoms with Crippen molar-refractivity contribution in [2.45, 2.75) is 20.3 Å². The Bertz CT molecular complexity index is 633. The number of carbonyl (C=O) groups is 1. The molecule has 0 fully saturated rings. The predicted octanol–water partition coefficient (Wildman–Crippen LogP) is 3.44. The molecule has 8 heteroatoms. The Morgan fingerprint density at radius 2 is 1.96 bits per heavy atom. The maximum absolute atomic E-state index is 12.1. The number of carbonyl (C=O) groups excluding carboxylic acids is 1. The van der Waals surface area contributed by atoms with E-state index < -0.39 is 0 Å². The van der Waals surface area contributed by atoms with Crippen LogP contribution in [0.4, 0.5) is 0 Å². The van der Waals surface area contributed by atoms with Gasteiger partial charge in [-0.05, 0) is 51.1 Å². The summed E-state index contributed by atoms with van der Waals surface area (Å²) in [7, 11) is 0. The van der Waals surface area contributed by atoms with Crippen LogP contribution < -0.4 is 15.8 Å². The van der Waals surface area contributed by atoms with Crippen LogP contribution in [0.3, 0.4) is 0 Å². The summed E-state index contributed by atoms with van der Waals surface area (Å²) >= 11 is 1.40. The van der Waals surface area contributed by atoms with E-state index in [1.165, 1.54) is 11.3 Å². The van der Waals surface area contributed by atoms with E-state index >= 15 is 0 Å². The molecule has 2 aromatic rings. The first-order valence-electron chi connectivity index (χ1n) is 7.34. The Morgan fingerprint density at radius 1 is 1.29 bits per heavy atom. The molecule has 0 atom stereocenters. The molecule has 0 spiro atoms. The zero-order chi connectivity index (χ0) is 15.9. The molecule has 0 saturated heterocycles. The van der Waals surface area contributed by atoms with Crippen molar-refractivity contribution in [3.8, 4) is 16.3 Å². The van der Waals surface area contributed by atoms with Gasteiger partial charge in [0.15, 0.2) is 0 Å². The first kappa shape index (κ1) is 22.7. The summed E-state index contributed by atoms with van der Waals surface area (Å²) in [4.78, 5) is 17.3. The van der Waals surface area contributed by atoms with Crippen molar-refractivity contribution in [2.24, 2.45) is 5.73 Å². The second-order valence-corrected chi connectivity index (χ2v) is 5.79. The third-order valence-corrected chi connectivity index (χ3v) is 4.29. The number of ether oxygens (including phenoxy) is 1. The summed E-state index contributed by atoms with van der Waals surface area (Å²) in [5.74, 6) is 0.750. The van der Waals surface area contributed by atoms with Gasteiger partial charge in [-0.25, -0.2) is 4.98 Å². The molecular formula is C16H23Cl2N3O2S. The number of benzene rings is 1. The number of aromatic nitrogens is 1. The van der Waals surface area contributed by atoms with E-state index in [1.54, 1.807) is 0 Å². The van der Waals surface area contributed by atoms with E-state index in [0.717, 1.165) is 28.4 Å². The van der Waals surface area contributed by atoms with Crippen LogP contribution in [0.2, 0.25) is 0 Å². The molecule has 1 aromatic heterocycles. The van der Waals surface area contributed by atoms with Gasteiger partial charge >= 0.3 is 0 Å². The molecule has 0 aliphatic carbocycles. The van der Waals surface area contributed by atoms with Gasteiger partial charge in [0.05, 0.1) is 12.3 Å². The van der Waals surface area contributed by atoms with Gasteiger partial charge in [0.2, 0.25) is 0 Å². The van der Waals surface area contributed by atoms with E-state index in [2.05, 4.69) is 10.3 Å². The fourth-order valence-corrected chi connectivity index (χ4v) is 2.96. The van der Waals surface area contributed by atoms with Gasteiger partial charge < -0.3 is 15.8 Å². The third kappa shape index (κ3) is 5.94. The highest BCUT2D eigenvalue weighted by Gasteiger charge is 2.15. The predicted molar refractivity (Wildman–Crippen MR) is 104 cm³/mol. The lowest BCUT2D eigenvalue weighted by molar-refractivity contribution is 0.0956. The highest BCUT2D eigenvalue weighted by Crippen LogP contribution is 2.29. The fraction of sp³-hybridized carbons (Fsp3) is 0.375. The van der Waals surface area contributed by atoms with Gasteiger partial charge in [0.1, 0.15) is 15.6 Å². The molecule has 0 unspecified atom stereocenters. The minimum absolute atomic E-state index is 0. The van der Waals surface area contributed by atoms with Crippen LogP contribution in [-0.4, -0.2) is 30.6 Å². The van der Waals surface area contributed by atoms with Crippen LogP contribution in [0, 0.1) is 6.92 Å². The average molecular weight is 392 g/mol. The molecule has 2 rings (SSSR count). The number of nitrogens with two attached hydrogens (primary N) is 1. The lowest BCUT2D eigenvalue weighted by Crippen LogP contribution is -2.25. The quantitative estimate of drug-likeness (QED) is 0.708. The van der Waals surface area contributed by atoms with Crippen molar-refractivity contribution in [3.63, 3.8) is 0 Å². The van der Waals surface area contributed by atoms with E-state index in [0.29, 0.717) is 24.6 Å². The number of hydrogen-bond acceptors (Lipinski definition) is 5. The molecule has 3 N–H and O–H groups in total. The summed E-state index contributed by atoms with van der Waals surface area (Å²) in [5.41, 5.74) is 7.16. The monoisotopic (exact) mass is 391 g/mol. The molecule has 24 heavy (non-hydrogen) atoms.